The maximum atomic E-state index is 9.21. The van der Waals surface area contributed by atoms with Crippen molar-refractivity contribution >= 4 is 10.9 Å². The van der Waals surface area contributed by atoms with E-state index in [9.17, 15) is 5.11 Å². The van der Waals surface area contributed by atoms with Crippen LogP contribution in [0.5, 0.6) is 5.88 Å². The van der Waals surface area contributed by atoms with Gasteiger partial charge in [-0.25, -0.2) is 4.98 Å². The summed E-state index contributed by atoms with van der Waals surface area (Å²) >= 11 is 0. The number of rotatable bonds is 5. The highest BCUT2D eigenvalue weighted by atomic mass is 16.5. The summed E-state index contributed by atoms with van der Waals surface area (Å²) in [6.07, 6.45) is 4.49. The average molecular weight is 300 g/mol. The number of nitrogens with zero attached hydrogens (tertiary/aromatic N) is 1. The first-order chi connectivity index (χ1) is 10.8. The van der Waals surface area contributed by atoms with E-state index in [1.54, 1.807) is 7.11 Å². The molecule has 1 aliphatic rings. The largest absolute Gasteiger partial charge is 0.481 e. The fourth-order valence-corrected chi connectivity index (χ4v) is 3.25. The molecule has 1 aromatic heterocycles. The van der Waals surface area contributed by atoms with Crippen molar-refractivity contribution in [3.05, 3.63) is 35.9 Å². The van der Waals surface area contributed by atoms with Gasteiger partial charge in [-0.1, -0.05) is 18.2 Å². The lowest BCUT2D eigenvalue weighted by Gasteiger charge is -2.28. The minimum atomic E-state index is 0.329. The minimum Gasteiger partial charge on any atom is -0.481 e. The molecule has 3 rings (SSSR count). The number of ether oxygens (including phenoxy) is 1. The Morgan fingerprint density at radius 3 is 2.73 bits per heavy atom. The molecule has 4 nitrogen and oxygen atoms in total. The fourth-order valence-electron chi connectivity index (χ4n) is 3.25. The average Bonchev–Trinajstić information content (AvgIpc) is 2.59. The van der Waals surface area contributed by atoms with Crippen LogP contribution in [0.1, 0.15) is 31.2 Å². The fraction of sp³-hybridized carbons (Fsp3) is 0.500. The number of hydrogen-bond acceptors (Lipinski definition) is 4. The third-order valence-electron chi connectivity index (χ3n) is 4.64. The smallest absolute Gasteiger partial charge is 0.218 e. The van der Waals surface area contributed by atoms with E-state index >= 15 is 0 Å². The van der Waals surface area contributed by atoms with E-state index in [0.717, 1.165) is 48.7 Å². The summed E-state index contributed by atoms with van der Waals surface area (Å²) < 4.78 is 5.44. The number of nitrogens with one attached hydrogen (secondary N) is 1. The molecule has 118 valence electrons. The summed E-state index contributed by atoms with van der Waals surface area (Å²) in [4.78, 5) is 4.59. The van der Waals surface area contributed by atoms with E-state index < -0.39 is 0 Å². The molecule has 2 aromatic rings. The van der Waals surface area contributed by atoms with Gasteiger partial charge in [0.25, 0.3) is 0 Å². The lowest BCUT2D eigenvalue weighted by atomic mass is 9.86. The van der Waals surface area contributed by atoms with Crippen LogP contribution in [0.4, 0.5) is 0 Å². The van der Waals surface area contributed by atoms with Gasteiger partial charge in [0.1, 0.15) is 0 Å². The van der Waals surface area contributed by atoms with Crippen LogP contribution in [0.3, 0.4) is 0 Å². The molecule has 0 atom stereocenters. The molecule has 1 fully saturated rings. The van der Waals surface area contributed by atoms with Gasteiger partial charge in [-0.15, -0.1) is 0 Å². The van der Waals surface area contributed by atoms with Gasteiger partial charge >= 0.3 is 0 Å². The Hall–Kier alpha value is -1.65. The van der Waals surface area contributed by atoms with Crippen molar-refractivity contribution in [1.29, 1.82) is 0 Å². The van der Waals surface area contributed by atoms with Crippen LogP contribution in [-0.4, -0.2) is 29.8 Å². The van der Waals surface area contributed by atoms with Gasteiger partial charge in [0.15, 0.2) is 0 Å². The SMILES string of the molecule is COc1nc2ccccc2cc1CNC1CCC(CO)CC1. The number of fused-ring (bicyclic) bond motifs is 1. The second-order valence-electron chi connectivity index (χ2n) is 6.13. The monoisotopic (exact) mass is 300 g/mol. The topological polar surface area (TPSA) is 54.4 Å². The van der Waals surface area contributed by atoms with Gasteiger partial charge in [-0.05, 0) is 43.7 Å². The molecule has 0 unspecified atom stereocenters. The molecule has 0 spiro atoms. The molecule has 0 bridgehead atoms. The number of methoxy groups -OCH3 is 1. The standard InChI is InChI=1S/C18H24N2O2/c1-22-18-15(10-14-4-2-3-5-17(14)20-18)11-19-16-8-6-13(12-21)7-9-16/h2-5,10,13,16,19,21H,6-9,11-12H2,1H3. The Morgan fingerprint density at radius 2 is 2.00 bits per heavy atom. The number of pyridine rings is 1. The zero-order chi connectivity index (χ0) is 15.4. The van der Waals surface area contributed by atoms with E-state index in [1.165, 1.54) is 0 Å². The van der Waals surface area contributed by atoms with Crippen LogP contribution in [0.25, 0.3) is 10.9 Å². The summed E-state index contributed by atoms with van der Waals surface area (Å²) in [6, 6.07) is 10.8. The first kappa shape index (κ1) is 15.3. The first-order valence-electron chi connectivity index (χ1n) is 8.07. The molecule has 1 aromatic carbocycles. The Balaban J connectivity index is 1.68. The van der Waals surface area contributed by atoms with Crippen LogP contribution in [0.15, 0.2) is 30.3 Å². The molecule has 4 heteroatoms. The second kappa shape index (κ2) is 7.07. The lowest BCUT2D eigenvalue weighted by molar-refractivity contribution is 0.175. The van der Waals surface area contributed by atoms with Crippen molar-refractivity contribution in [2.45, 2.75) is 38.3 Å². The summed E-state index contributed by atoms with van der Waals surface area (Å²) in [6.45, 7) is 1.10. The van der Waals surface area contributed by atoms with Crippen molar-refractivity contribution in [1.82, 2.24) is 10.3 Å². The highest BCUT2D eigenvalue weighted by Gasteiger charge is 2.20. The van der Waals surface area contributed by atoms with E-state index in [1.807, 2.05) is 18.2 Å². The molecule has 1 saturated carbocycles. The molecule has 1 heterocycles. The zero-order valence-corrected chi connectivity index (χ0v) is 13.1. The predicted octanol–water partition coefficient (Wildman–Crippen LogP) is 2.88. The summed E-state index contributed by atoms with van der Waals surface area (Å²) in [5, 5.41) is 14.0. The predicted molar refractivity (Wildman–Crippen MR) is 88.0 cm³/mol. The van der Waals surface area contributed by atoms with Gasteiger partial charge in [0.05, 0.1) is 12.6 Å². The summed E-state index contributed by atoms with van der Waals surface area (Å²) in [5.41, 5.74) is 2.07. The first-order valence-corrected chi connectivity index (χ1v) is 8.07. The van der Waals surface area contributed by atoms with Gasteiger partial charge in [-0.2, -0.15) is 0 Å². The van der Waals surface area contributed by atoms with Crippen molar-refractivity contribution in [2.75, 3.05) is 13.7 Å². The Morgan fingerprint density at radius 1 is 1.23 bits per heavy atom. The number of para-hydroxylation sites is 1. The summed E-state index contributed by atoms with van der Waals surface area (Å²) in [5.74, 6) is 1.20. The van der Waals surface area contributed by atoms with Crippen LogP contribution in [0.2, 0.25) is 0 Å². The van der Waals surface area contributed by atoms with Gasteiger partial charge in [0, 0.05) is 30.1 Å². The van der Waals surface area contributed by atoms with Crippen molar-refractivity contribution < 1.29 is 9.84 Å². The van der Waals surface area contributed by atoms with Crippen molar-refractivity contribution in [3.8, 4) is 5.88 Å². The van der Waals surface area contributed by atoms with E-state index in [0.29, 0.717) is 24.4 Å². The van der Waals surface area contributed by atoms with Crippen LogP contribution in [0, 0.1) is 5.92 Å². The molecule has 1 aliphatic carbocycles. The normalized spacial score (nSPS) is 21.9. The molecule has 0 saturated heterocycles. The quantitative estimate of drug-likeness (QED) is 0.891. The molecule has 22 heavy (non-hydrogen) atoms. The van der Waals surface area contributed by atoms with E-state index in [-0.39, 0.29) is 0 Å². The minimum absolute atomic E-state index is 0.329. The number of aliphatic hydroxyl groups excluding tert-OH is 1. The molecule has 0 aliphatic heterocycles. The molecular formula is C18H24N2O2. The third-order valence-corrected chi connectivity index (χ3v) is 4.64. The van der Waals surface area contributed by atoms with Crippen molar-refractivity contribution in [2.24, 2.45) is 5.92 Å². The highest BCUT2D eigenvalue weighted by molar-refractivity contribution is 5.80. The van der Waals surface area contributed by atoms with Gasteiger partial charge in [0.2, 0.25) is 5.88 Å². The Labute approximate surface area is 131 Å². The molecule has 0 amide bonds. The molecular weight excluding hydrogens is 276 g/mol. The number of aliphatic hydroxyl groups is 1. The Bertz CT molecular complexity index is 622. The maximum absolute atomic E-state index is 9.21. The Kier molecular flexibility index (Phi) is 4.90. The number of hydrogen-bond donors (Lipinski definition) is 2. The highest BCUT2D eigenvalue weighted by Crippen LogP contribution is 2.25. The maximum Gasteiger partial charge on any atom is 0.218 e. The van der Waals surface area contributed by atoms with E-state index in [4.69, 9.17) is 4.74 Å². The van der Waals surface area contributed by atoms with Crippen molar-refractivity contribution in [3.63, 3.8) is 0 Å². The lowest BCUT2D eigenvalue weighted by Crippen LogP contribution is -2.33. The van der Waals surface area contributed by atoms with E-state index in [2.05, 4.69) is 22.4 Å². The third kappa shape index (κ3) is 3.39. The van der Waals surface area contributed by atoms with Gasteiger partial charge < -0.3 is 15.2 Å². The molecule has 2 N–H and O–H groups in total. The van der Waals surface area contributed by atoms with Crippen LogP contribution in [-0.2, 0) is 6.54 Å². The van der Waals surface area contributed by atoms with Crippen LogP contribution >= 0.6 is 0 Å². The molecule has 0 radical (unpaired) electrons. The number of benzene rings is 1. The van der Waals surface area contributed by atoms with Gasteiger partial charge in [-0.3, -0.25) is 0 Å². The second-order valence-corrected chi connectivity index (χ2v) is 6.13. The van der Waals surface area contributed by atoms with Crippen LogP contribution < -0.4 is 10.1 Å². The number of aromatic nitrogens is 1. The zero-order valence-electron chi connectivity index (χ0n) is 13.1. The summed E-state index contributed by atoms with van der Waals surface area (Å²) in [7, 11) is 1.67.